The molecule has 0 saturated carbocycles. The van der Waals surface area contributed by atoms with Gasteiger partial charge in [0.15, 0.2) is 0 Å². The van der Waals surface area contributed by atoms with E-state index in [0.717, 1.165) is 11.1 Å². The highest BCUT2D eigenvalue weighted by Gasteiger charge is 2.51. The van der Waals surface area contributed by atoms with Gasteiger partial charge in [0.2, 0.25) is 11.8 Å². The zero-order chi connectivity index (χ0) is 26.5. The van der Waals surface area contributed by atoms with Crippen molar-refractivity contribution in [2.45, 2.75) is 45.6 Å². The van der Waals surface area contributed by atoms with Gasteiger partial charge >= 0.3 is 6.03 Å². The minimum atomic E-state index is -0.687. The molecule has 2 aliphatic heterocycles. The highest BCUT2D eigenvalue weighted by molar-refractivity contribution is 6.32. The largest absolute Gasteiger partial charge is 0.334 e. The summed E-state index contributed by atoms with van der Waals surface area (Å²) in [7, 11) is 5.97. The lowest BCUT2D eigenvalue weighted by Gasteiger charge is -2.55. The summed E-state index contributed by atoms with van der Waals surface area (Å²) in [5.74, 6) is 2.38. The lowest BCUT2D eigenvalue weighted by atomic mass is 9.93. The Labute approximate surface area is 220 Å². The highest BCUT2D eigenvalue weighted by Crippen LogP contribution is 2.30. The molecule has 8 nitrogen and oxygen atoms in total. The molecule has 2 atom stereocenters. The van der Waals surface area contributed by atoms with Crippen LogP contribution in [0.2, 0.25) is 0 Å². The van der Waals surface area contributed by atoms with Crippen LogP contribution in [0, 0.1) is 18.3 Å². The number of rotatable bonds is 7. The van der Waals surface area contributed by atoms with Crippen LogP contribution in [0.15, 0.2) is 54.6 Å². The second-order valence-electron chi connectivity index (χ2n) is 9.91. The fourth-order valence-electron chi connectivity index (χ4n) is 5.02. The Morgan fingerprint density at radius 1 is 1.14 bits per heavy atom. The van der Waals surface area contributed by atoms with E-state index in [-0.39, 0.29) is 43.4 Å². The van der Waals surface area contributed by atoms with Crippen molar-refractivity contribution in [3.05, 3.63) is 65.7 Å². The summed E-state index contributed by atoms with van der Waals surface area (Å²) < 4.78 is 0. The van der Waals surface area contributed by atoms with Crippen LogP contribution in [0.3, 0.4) is 0 Å². The van der Waals surface area contributed by atoms with Crippen LogP contribution in [0.4, 0.5) is 4.79 Å². The average Bonchev–Trinajstić information content (AvgIpc) is 2.86. The van der Waals surface area contributed by atoms with Crippen molar-refractivity contribution in [3.63, 3.8) is 0 Å². The molecular weight excluding hydrogens is 465 g/mol. The molecule has 2 aromatic rings. The van der Waals surface area contributed by atoms with Crippen LogP contribution in [0.1, 0.15) is 31.4 Å². The molecule has 0 aliphatic carbocycles. The fourth-order valence-corrected chi connectivity index (χ4v) is 5.02. The quantitative estimate of drug-likeness (QED) is 0.465. The summed E-state index contributed by atoms with van der Waals surface area (Å²) in [6.07, 6.45) is 5.41. The molecule has 4 amide bonds. The molecule has 1 N–H and O–H groups in total. The molecule has 2 radical (unpaired) electrons. The van der Waals surface area contributed by atoms with Gasteiger partial charge < -0.3 is 15.1 Å². The van der Waals surface area contributed by atoms with Crippen LogP contribution in [-0.4, -0.2) is 77.4 Å². The van der Waals surface area contributed by atoms with Gasteiger partial charge in [-0.25, -0.2) is 9.80 Å². The molecule has 0 unspecified atom stereocenters. The van der Waals surface area contributed by atoms with Crippen LogP contribution >= 0.6 is 0 Å². The Morgan fingerprint density at radius 2 is 1.86 bits per heavy atom. The number of fused-ring (bicyclic) bond motifs is 1. The first-order valence-electron chi connectivity index (χ1n) is 12.5. The summed E-state index contributed by atoms with van der Waals surface area (Å²) in [6.45, 7) is 4.86. The second kappa shape index (κ2) is 11.5. The van der Waals surface area contributed by atoms with Crippen LogP contribution in [0.5, 0.6) is 0 Å². The summed E-state index contributed by atoms with van der Waals surface area (Å²) in [5.41, 5.74) is 2.44. The maximum atomic E-state index is 13.7. The normalized spacial score (nSPS) is 20.1. The number of hydrogen-bond donors (Lipinski definition) is 1. The standard InChI is InChI=1S/C28H32BN5O3/c1-4-13-32-19-26(35)33-24(14-20(2)3)27(36)31(17-22-11-8-12-23(29)15-22)18-25(33)34(32)28(37)30-16-21-9-6-5-7-10-21/h1,5-12,15,20,24-25H,13-14,16-19H2,2-3H3,(H,30,37)/t24-,25-/m0/s1. The molecule has 0 spiro atoms. The first kappa shape index (κ1) is 26.3. The van der Waals surface area contributed by atoms with Crippen molar-refractivity contribution in [1.29, 1.82) is 0 Å². The smallest absolute Gasteiger partial charge is 0.333 e. The molecule has 2 aliphatic rings. The minimum absolute atomic E-state index is 0.0729. The number of amides is 4. The number of carbonyl (C=O) groups is 3. The van der Waals surface area contributed by atoms with Gasteiger partial charge in [-0.15, -0.1) is 6.42 Å². The van der Waals surface area contributed by atoms with Crippen LogP contribution in [-0.2, 0) is 22.7 Å². The lowest BCUT2D eigenvalue weighted by Crippen LogP contribution is -2.76. The number of nitrogens with one attached hydrogen (secondary N) is 1. The molecule has 2 aromatic carbocycles. The Bertz CT molecular complexity index is 1180. The van der Waals surface area contributed by atoms with Crippen molar-refractivity contribution in [1.82, 2.24) is 25.1 Å². The Morgan fingerprint density at radius 3 is 2.54 bits per heavy atom. The van der Waals surface area contributed by atoms with Crippen molar-refractivity contribution in [2.75, 3.05) is 19.6 Å². The SMILES string of the molecule is [B]c1cccc(CN2C[C@H]3N(C(=O)CN(CC#C)N3C(=O)NCc3ccccc3)[C@@H](CC(C)C)C2=O)c1. The third kappa shape index (κ3) is 5.97. The molecule has 2 heterocycles. The minimum Gasteiger partial charge on any atom is -0.333 e. The highest BCUT2D eigenvalue weighted by atomic mass is 16.2. The number of terminal acetylenes is 1. The molecule has 37 heavy (non-hydrogen) atoms. The molecule has 0 bridgehead atoms. The van der Waals surface area contributed by atoms with Crippen molar-refractivity contribution in [3.8, 4) is 12.3 Å². The van der Waals surface area contributed by atoms with Gasteiger partial charge in [-0.05, 0) is 23.5 Å². The summed E-state index contributed by atoms with van der Waals surface area (Å²) in [4.78, 5) is 44.0. The fraction of sp³-hybridized carbons (Fsp3) is 0.393. The number of nitrogens with zero attached hydrogens (tertiary/aromatic N) is 4. The second-order valence-corrected chi connectivity index (χ2v) is 9.91. The first-order chi connectivity index (χ1) is 17.8. The summed E-state index contributed by atoms with van der Waals surface area (Å²) in [5, 5.41) is 6.07. The number of benzene rings is 2. The Balaban J connectivity index is 1.66. The van der Waals surface area contributed by atoms with E-state index in [1.54, 1.807) is 20.9 Å². The molecule has 2 saturated heterocycles. The van der Waals surface area contributed by atoms with Crippen LogP contribution < -0.4 is 10.8 Å². The van der Waals surface area contributed by atoms with Gasteiger partial charge in [-0.3, -0.25) is 9.59 Å². The van der Waals surface area contributed by atoms with Gasteiger partial charge in [0, 0.05) is 13.1 Å². The van der Waals surface area contributed by atoms with Gasteiger partial charge in [0.25, 0.3) is 0 Å². The van der Waals surface area contributed by atoms with Crippen molar-refractivity contribution in [2.24, 2.45) is 5.92 Å². The maximum Gasteiger partial charge on any atom is 0.334 e. The van der Waals surface area contributed by atoms with Gasteiger partial charge in [-0.1, -0.05) is 79.8 Å². The molecule has 2 fully saturated rings. The van der Waals surface area contributed by atoms with Gasteiger partial charge in [0.1, 0.15) is 20.1 Å². The molecule has 4 rings (SSSR count). The number of urea groups is 1. The number of hydrogen-bond acceptors (Lipinski definition) is 4. The third-order valence-electron chi connectivity index (χ3n) is 6.62. The first-order valence-corrected chi connectivity index (χ1v) is 12.5. The zero-order valence-electron chi connectivity index (χ0n) is 21.3. The van der Waals surface area contributed by atoms with E-state index in [2.05, 4.69) is 11.2 Å². The average molecular weight is 497 g/mol. The molecule has 190 valence electrons. The Kier molecular flexibility index (Phi) is 8.19. The third-order valence-corrected chi connectivity index (χ3v) is 6.62. The van der Waals surface area contributed by atoms with Crippen LogP contribution in [0.25, 0.3) is 0 Å². The topological polar surface area (TPSA) is 76.2 Å². The van der Waals surface area contributed by atoms with E-state index >= 15 is 0 Å². The van der Waals surface area contributed by atoms with E-state index in [0.29, 0.717) is 25.0 Å². The van der Waals surface area contributed by atoms with E-state index in [1.807, 2.05) is 62.4 Å². The predicted molar refractivity (Wildman–Crippen MR) is 142 cm³/mol. The van der Waals surface area contributed by atoms with E-state index in [9.17, 15) is 14.4 Å². The predicted octanol–water partition coefficient (Wildman–Crippen LogP) is 1.47. The van der Waals surface area contributed by atoms with Crippen molar-refractivity contribution < 1.29 is 14.4 Å². The van der Waals surface area contributed by atoms with Gasteiger partial charge in [-0.2, -0.15) is 5.01 Å². The van der Waals surface area contributed by atoms with Gasteiger partial charge in [0.05, 0.1) is 19.6 Å². The van der Waals surface area contributed by atoms with E-state index in [1.165, 1.54) is 5.01 Å². The van der Waals surface area contributed by atoms with E-state index in [4.69, 9.17) is 14.3 Å². The monoisotopic (exact) mass is 497 g/mol. The number of piperazine rings is 1. The molecular formula is C28H32BN5O3. The molecule has 0 aromatic heterocycles. The summed E-state index contributed by atoms with van der Waals surface area (Å²) >= 11 is 0. The lowest BCUT2D eigenvalue weighted by molar-refractivity contribution is -0.190. The number of carbonyl (C=O) groups excluding carboxylic acids is 3. The summed E-state index contributed by atoms with van der Waals surface area (Å²) in [6, 6.07) is 15.9. The maximum absolute atomic E-state index is 13.7. The van der Waals surface area contributed by atoms with Crippen molar-refractivity contribution >= 4 is 31.2 Å². The number of hydrazine groups is 1. The Hall–Kier alpha value is -3.77. The van der Waals surface area contributed by atoms with E-state index < -0.39 is 12.2 Å². The zero-order valence-corrected chi connectivity index (χ0v) is 21.3. The molecule has 9 heteroatoms.